The van der Waals surface area contributed by atoms with Crippen LogP contribution in [0.3, 0.4) is 0 Å². The van der Waals surface area contributed by atoms with E-state index in [1.165, 1.54) is 12.8 Å². The summed E-state index contributed by atoms with van der Waals surface area (Å²) in [5, 5.41) is 0. The Kier molecular flexibility index (Phi) is 5.09. The van der Waals surface area contributed by atoms with Crippen LogP contribution in [0.15, 0.2) is 0 Å². The Morgan fingerprint density at radius 3 is 3.08 bits per heavy atom. The predicted octanol–water partition coefficient (Wildman–Crippen LogP) is 0.246. The van der Waals surface area contributed by atoms with Gasteiger partial charge in [-0.1, -0.05) is 0 Å². The third-order valence-corrected chi connectivity index (χ3v) is 2.20. The highest BCUT2D eigenvalue weighted by atomic mass is 28.1. The van der Waals surface area contributed by atoms with Crippen molar-refractivity contribution in [3.8, 4) is 11.5 Å². The summed E-state index contributed by atoms with van der Waals surface area (Å²) in [4.78, 5) is 0. The Morgan fingerprint density at radius 2 is 2.42 bits per heavy atom. The van der Waals surface area contributed by atoms with Crippen LogP contribution >= 0.6 is 0 Å². The summed E-state index contributed by atoms with van der Waals surface area (Å²) in [7, 11) is 0.968. The van der Waals surface area contributed by atoms with Gasteiger partial charge < -0.3 is 9.47 Å². The SMILES string of the molecule is [SiH3]C#CCCOC1CCCCO1. The van der Waals surface area contributed by atoms with Crippen molar-refractivity contribution in [3.05, 3.63) is 0 Å². The first-order valence-corrected chi connectivity index (χ1v) is 5.56. The van der Waals surface area contributed by atoms with E-state index in [1.807, 2.05) is 0 Å². The van der Waals surface area contributed by atoms with Gasteiger partial charge in [-0.15, -0.1) is 11.5 Å². The minimum atomic E-state index is 0.0506. The van der Waals surface area contributed by atoms with E-state index < -0.39 is 0 Å². The van der Waals surface area contributed by atoms with E-state index in [9.17, 15) is 0 Å². The van der Waals surface area contributed by atoms with E-state index >= 15 is 0 Å². The quantitative estimate of drug-likeness (QED) is 0.355. The topological polar surface area (TPSA) is 18.5 Å². The highest BCUT2D eigenvalue weighted by Gasteiger charge is 2.12. The molecule has 12 heavy (non-hydrogen) atoms. The highest BCUT2D eigenvalue weighted by molar-refractivity contribution is 6.22. The molecule has 0 aromatic carbocycles. The number of rotatable bonds is 3. The molecule has 1 aliphatic rings. The zero-order valence-corrected chi connectivity index (χ0v) is 9.64. The molecule has 1 rings (SSSR count). The van der Waals surface area contributed by atoms with Gasteiger partial charge in [0.15, 0.2) is 6.29 Å². The molecule has 1 atom stereocenters. The molecule has 0 radical (unpaired) electrons. The molecule has 1 aliphatic heterocycles. The molecule has 0 N–H and O–H groups in total. The van der Waals surface area contributed by atoms with Gasteiger partial charge in [0.1, 0.15) is 0 Å². The van der Waals surface area contributed by atoms with E-state index in [0.29, 0.717) is 0 Å². The first-order chi connectivity index (χ1) is 5.93. The number of ether oxygens (including phenoxy) is 2. The lowest BCUT2D eigenvalue weighted by molar-refractivity contribution is -0.161. The van der Waals surface area contributed by atoms with Gasteiger partial charge in [0.05, 0.1) is 16.8 Å². The van der Waals surface area contributed by atoms with Crippen LogP contribution in [-0.2, 0) is 9.47 Å². The molecule has 68 valence electrons. The zero-order chi connectivity index (χ0) is 8.65. The molecule has 0 saturated carbocycles. The number of hydrogen-bond donors (Lipinski definition) is 0. The average Bonchev–Trinajstić information content (AvgIpc) is 2.14. The van der Waals surface area contributed by atoms with E-state index in [2.05, 4.69) is 11.5 Å². The Labute approximate surface area is 77.1 Å². The Morgan fingerprint density at radius 1 is 1.50 bits per heavy atom. The summed E-state index contributed by atoms with van der Waals surface area (Å²) in [6, 6.07) is 0. The lowest BCUT2D eigenvalue weighted by Crippen LogP contribution is -2.22. The maximum absolute atomic E-state index is 5.48. The molecule has 3 heteroatoms. The largest absolute Gasteiger partial charge is 0.353 e. The van der Waals surface area contributed by atoms with Crippen molar-refractivity contribution in [2.45, 2.75) is 32.0 Å². The summed E-state index contributed by atoms with van der Waals surface area (Å²) in [5.41, 5.74) is 2.97. The second-order valence-electron chi connectivity index (χ2n) is 2.84. The summed E-state index contributed by atoms with van der Waals surface area (Å²) < 4.78 is 10.9. The van der Waals surface area contributed by atoms with E-state index in [0.717, 1.165) is 36.3 Å². The normalized spacial score (nSPS) is 23.2. The molecule has 0 amide bonds. The van der Waals surface area contributed by atoms with Crippen molar-refractivity contribution >= 4 is 10.2 Å². The van der Waals surface area contributed by atoms with E-state index in [4.69, 9.17) is 9.47 Å². The van der Waals surface area contributed by atoms with Crippen molar-refractivity contribution in [3.63, 3.8) is 0 Å². The molecule has 1 unspecified atom stereocenters. The van der Waals surface area contributed by atoms with Gasteiger partial charge in [0.2, 0.25) is 0 Å². The van der Waals surface area contributed by atoms with Gasteiger partial charge in [-0.05, 0) is 19.3 Å². The number of hydrogen-bond acceptors (Lipinski definition) is 2. The molecule has 1 heterocycles. The second kappa shape index (κ2) is 6.24. The monoisotopic (exact) mass is 184 g/mol. The third-order valence-electron chi connectivity index (χ3n) is 1.85. The second-order valence-corrected chi connectivity index (χ2v) is 3.34. The first kappa shape index (κ1) is 9.78. The Hall–Kier alpha value is -0.303. The lowest BCUT2D eigenvalue weighted by Gasteiger charge is -2.22. The molecule has 0 aliphatic carbocycles. The van der Waals surface area contributed by atoms with Gasteiger partial charge >= 0.3 is 0 Å². The van der Waals surface area contributed by atoms with E-state index in [-0.39, 0.29) is 6.29 Å². The van der Waals surface area contributed by atoms with Gasteiger partial charge in [-0.3, -0.25) is 0 Å². The molecule has 1 fully saturated rings. The third kappa shape index (κ3) is 3.91. The standard InChI is InChI=1S/C9H16O2Si/c12-8-4-3-7-11-9-5-1-2-6-10-9/h9H,1-3,5-7H2,12H3. The Bertz CT molecular complexity index is 165. The first-order valence-electron chi connectivity index (χ1n) is 4.56. The maximum atomic E-state index is 5.48. The van der Waals surface area contributed by atoms with Crippen LogP contribution in [0.4, 0.5) is 0 Å². The highest BCUT2D eigenvalue weighted by Crippen LogP contribution is 2.13. The summed E-state index contributed by atoms with van der Waals surface area (Å²) in [5.74, 6) is 3.02. The lowest BCUT2D eigenvalue weighted by atomic mass is 10.2. The molecule has 0 bridgehead atoms. The molecule has 0 aromatic rings. The van der Waals surface area contributed by atoms with Gasteiger partial charge in [0, 0.05) is 13.0 Å². The van der Waals surface area contributed by atoms with Crippen molar-refractivity contribution < 1.29 is 9.47 Å². The predicted molar refractivity (Wildman–Crippen MR) is 51.9 cm³/mol. The van der Waals surface area contributed by atoms with Crippen LogP contribution in [-0.4, -0.2) is 29.7 Å². The summed E-state index contributed by atoms with van der Waals surface area (Å²) in [6.45, 7) is 1.58. The fourth-order valence-electron chi connectivity index (χ4n) is 1.21. The summed E-state index contributed by atoms with van der Waals surface area (Å²) in [6.07, 6.45) is 4.37. The fraction of sp³-hybridized carbons (Fsp3) is 0.778. The summed E-state index contributed by atoms with van der Waals surface area (Å²) >= 11 is 0. The minimum Gasteiger partial charge on any atom is -0.353 e. The zero-order valence-electron chi connectivity index (χ0n) is 7.64. The molecular weight excluding hydrogens is 168 g/mol. The van der Waals surface area contributed by atoms with Crippen molar-refractivity contribution in [1.82, 2.24) is 0 Å². The van der Waals surface area contributed by atoms with Crippen LogP contribution in [0.25, 0.3) is 0 Å². The maximum Gasteiger partial charge on any atom is 0.157 e. The van der Waals surface area contributed by atoms with Crippen molar-refractivity contribution in [1.29, 1.82) is 0 Å². The van der Waals surface area contributed by atoms with Gasteiger partial charge in [0.25, 0.3) is 0 Å². The average molecular weight is 184 g/mol. The molecular formula is C9H16O2Si. The Balaban J connectivity index is 2.00. The molecule has 1 saturated heterocycles. The fourth-order valence-corrected chi connectivity index (χ4v) is 1.46. The van der Waals surface area contributed by atoms with Gasteiger partial charge in [-0.2, -0.15) is 0 Å². The van der Waals surface area contributed by atoms with Crippen LogP contribution < -0.4 is 0 Å². The minimum absolute atomic E-state index is 0.0506. The van der Waals surface area contributed by atoms with Crippen molar-refractivity contribution in [2.75, 3.05) is 13.2 Å². The van der Waals surface area contributed by atoms with Crippen LogP contribution in [0.2, 0.25) is 0 Å². The smallest absolute Gasteiger partial charge is 0.157 e. The van der Waals surface area contributed by atoms with Crippen LogP contribution in [0.1, 0.15) is 25.7 Å². The van der Waals surface area contributed by atoms with Crippen LogP contribution in [0.5, 0.6) is 0 Å². The molecule has 0 aromatic heterocycles. The molecule has 2 nitrogen and oxygen atoms in total. The van der Waals surface area contributed by atoms with Crippen LogP contribution in [0, 0.1) is 11.5 Å². The van der Waals surface area contributed by atoms with Gasteiger partial charge in [-0.25, -0.2) is 0 Å². The van der Waals surface area contributed by atoms with E-state index in [1.54, 1.807) is 0 Å². The molecule has 0 spiro atoms. The van der Waals surface area contributed by atoms with Crippen molar-refractivity contribution in [2.24, 2.45) is 0 Å².